The van der Waals surface area contributed by atoms with Crippen molar-refractivity contribution in [2.75, 3.05) is 0 Å². The summed E-state index contributed by atoms with van der Waals surface area (Å²) in [5.74, 6) is 0. The molecule has 1 saturated carbocycles. The third kappa shape index (κ3) is 3.54. The van der Waals surface area contributed by atoms with Gasteiger partial charge in [-0.15, -0.1) is 11.3 Å². The molecule has 1 aliphatic rings. The number of nitrogens with two attached hydrogens (primary N) is 1. The topological polar surface area (TPSA) is 72.2 Å². The summed E-state index contributed by atoms with van der Waals surface area (Å²) in [5, 5.41) is 1.81. The molecule has 0 bridgehead atoms. The Morgan fingerprint density at radius 3 is 2.50 bits per heavy atom. The minimum atomic E-state index is -3.35. The number of nitrogens with one attached hydrogen (secondary N) is 1. The molecule has 6 heteroatoms. The molecule has 0 radical (unpaired) electrons. The SMILES string of the molecule is NCc1csc(S(=O)(=O)NC2CCCCCC2)c1. The Balaban J connectivity index is 2.06. The summed E-state index contributed by atoms with van der Waals surface area (Å²) in [6.07, 6.45) is 6.57. The Kier molecular flexibility index (Phi) is 4.77. The fraction of sp³-hybridized carbons (Fsp3) is 0.667. The van der Waals surface area contributed by atoms with Crippen molar-refractivity contribution in [3.8, 4) is 0 Å². The second-order valence-corrected chi connectivity index (χ2v) is 7.64. The van der Waals surface area contributed by atoms with Crippen molar-refractivity contribution in [1.82, 2.24) is 4.72 Å². The van der Waals surface area contributed by atoms with Crippen LogP contribution >= 0.6 is 11.3 Å². The van der Waals surface area contributed by atoms with Gasteiger partial charge in [0.25, 0.3) is 0 Å². The van der Waals surface area contributed by atoms with E-state index >= 15 is 0 Å². The van der Waals surface area contributed by atoms with Gasteiger partial charge in [0.05, 0.1) is 0 Å². The van der Waals surface area contributed by atoms with E-state index in [0.717, 1.165) is 31.2 Å². The predicted molar refractivity (Wildman–Crippen MR) is 74.0 cm³/mol. The Morgan fingerprint density at radius 2 is 1.94 bits per heavy atom. The lowest BCUT2D eigenvalue weighted by molar-refractivity contribution is 0.511. The molecule has 18 heavy (non-hydrogen) atoms. The van der Waals surface area contributed by atoms with Crippen LogP contribution in [0.15, 0.2) is 15.7 Å². The van der Waals surface area contributed by atoms with Crippen molar-refractivity contribution >= 4 is 21.4 Å². The van der Waals surface area contributed by atoms with Crippen molar-refractivity contribution in [3.05, 3.63) is 17.0 Å². The molecule has 0 saturated heterocycles. The lowest BCUT2D eigenvalue weighted by atomic mass is 10.1. The molecular weight excluding hydrogens is 268 g/mol. The van der Waals surface area contributed by atoms with E-state index in [1.165, 1.54) is 24.2 Å². The molecule has 2 rings (SSSR count). The van der Waals surface area contributed by atoms with E-state index in [-0.39, 0.29) is 6.04 Å². The largest absolute Gasteiger partial charge is 0.326 e. The molecule has 0 aliphatic heterocycles. The molecule has 102 valence electrons. The first-order valence-electron chi connectivity index (χ1n) is 6.41. The van der Waals surface area contributed by atoms with E-state index in [4.69, 9.17) is 5.73 Å². The third-order valence-electron chi connectivity index (χ3n) is 3.31. The molecule has 4 nitrogen and oxygen atoms in total. The van der Waals surface area contributed by atoms with Gasteiger partial charge in [-0.25, -0.2) is 13.1 Å². The fourth-order valence-electron chi connectivity index (χ4n) is 2.28. The molecule has 0 amide bonds. The number of hydrogen-bond donors (Lipinski definition) is 2. The molecule has 1 aliphatic carbocycles. The highest BCUT2D eigenvalue weighted by molar-refractivity contribution is 7.91. The Bertz CT molecular complexity index is 474. The van der Waals surface area contributed by atoms with Crippen LogP contribution in [-0.2, 0) is 16.6 Å². The van der Waals surface area contributed by atoms with Gasteiger partial charge in [-0.05, 0) is 29.9 Å². The zero-order valence-electron chi connectivity index (χ0n) is 10.4. The van der Waals surface area contributed by atoms with Crippen LogP contribution in [0, 0.1) is 0 Å². The number of sulfonamides is 1. The van der Waals surface area contributed by atoms with E-state index in [1.54, 1.807) is 6.07 Å². The van der Waals surface area contributed by atoms with E-state index < -0.39 is 10.0 Å². The van der Waals surface area contributed by atoms with Gasteiger partial charge in [0.1, 0.15) is 4.21 Å². The maximum absolute atomic E-state index is 12.2. The second kappa shape index (κ2) is 6.14. The summed E-state index contributed by atoms with van der Waals surface area (Å²) in [7, 11) is -3.35. The van der Waals surface area contributed by atoms with Gasteiger partial charge in [-0.2, -0.15) is 0 Å². The molecule has 1 aromatic rings. The Labute approximate surface area is 113 Å². The molecule has 0 spiro atoms. The summed E-state index contributed by atoms with van der Waals surface area (Å²) in [4.78, 5) is 0. The quantitative estimate of drug-likeness (QED) is 0.834. The highest BCUT2D eigenvalue weighted by Gasteiger charge is 2.22. The van der Waals surface area contributed by atoms with Crippen molar-refractivity contribution in [1.29, 1.82) is 0 Å². The van der Waals surface area contributed by atoms with Crippen molar-refractivity contribution in [2.45, 2.75) is 55.3 Å². The normalized spacial score (nSPS) is 18.7. The number of hydrogen-bond acceptors (Lipinski definition) is 4. The highest BCUT2D eigenvalue weighted by atomic mass is 32.2. The van der Waals surface area contributed by atoms with Crippen molar-refractivity contribution in [2.24, 2.45) is 5.73 Å². The first kappa shape index (κ1) is 14.0. The number of thiophene rings is 1. The van der Waals surface area contributed by atoms with Gasteiger partial charge in [0.2, 0.25) is 10.0 Å². The zero-order valence-corrected chi connectivity index (χ0v) is 12.0. The smallest absolute Gasteiger partial charge is 0.250 e. The monoisotopic (exact) mass is 288 g/mol. The van der Waals surface area contributed by atoms with Gasteiger partial charge in [0, 0.05) is 12.6 Å². The first-order chi connectivity index (χ1) is 8.62. The summed E-state index contributed by atoms with van der Waals surface area (Å²) < 4.78 is 27.6. The Morgan fingerprint density at radius 1 is 1.28 bits per heavy atom. The fourth-order valence-corrected chi connectivity index (χ4v) is 4.82. The van der Waals surface area contributed by atoms with Crippen LogP contribution in [0.4, 0.5) is 0 Å². The maximum atomic E-state index is 12.2. The van der Waals surface area contributed by atoms with Crippen LogP contribution in [0.2, 0.25) is 0 Å². The minimum Gasteiger partial charge on any atom is -0.326 e. The van der Waals surface area contributed by atoms with E-state index in [1.807, 2.05) is 5.38 Å². The van der Waals surface area contributed by atoms with Crippen LogP contribution in [0.3, 0.4) is 0 Å². The highest BCUT2D eigenvalue weighted by Crippen LogP contribution is 2.23. The molecular formula is C12H20N2O2S2. The summed E-state index contributed by atoms with van der Waals surface area (Å²) in [5.41, 5.74) is 6.38. The standard InChI is InChI=1S/C12H20N2O2S2/c13-8-10-7-12(17-9-10)18(15,16)14-11-5-3-1-2-4-6-11/h7,9,11,14H,1-6,8,13H2. The first-order valence-corrected chi connectivity index (χ1v) is 8.78. The van der Waals surface area contributed by atoms with Crippen molar-refractivity contribution < 1.29 is 8.42 Å². The average Bonchev–Trinajstić information content (AvgIpc) is 2.70. The molecule has 0 unspecified atom stereocenters. The predicted octanol–water partition coefficient (Wildman–Crippen LogP) is 2.21. The maximum Gasteiger partial charge on any atom is 0.250 e. The number of rotatable bonds is 4. The lowest BCUT2D eigenvalue weighted by Gasteiger charge is -2.15. The van der Waals surface area contributed by atoms with Gasteiger partial charge >= 0.3 is 0 Å². The molecule has 0 aromatic carbocycles. The van der Waals surface area contributed by atoms with E-state index in [9.17, 15) is 8.42 Å². The minimum absolute atomic E-state index is 0.0981. The van der Waals surface area contributed by atoms with Crippen molar-refractivity contribution in [3.63, 3.8) is 0 Å². The summed E-state index contributed by atoms with van der Waals surface area (Å²) >= 11 is 1.24. The van der Waals surface area contributed by atoms with Gasteiger partial charge in [-0.3, -0.25) is 0 Å². The van der Waals surface area contributed by atoms with E-state index in [2.05, 4.69) is 4.72 Å². The zero-order chi connectivity index (χ0) is 13.0. The van der Waals surface area contributed by atoms with Gasteiger partial charge in [0.15, 0.2) is 0 Å². The van der Waals surface area contributed by atoms with Crippen LogP contribution in [0.25, 0.3) is 0 Å². The molecule has 0 atom stereocenters. The third-order valence-corrected chi connectivity index (χ3v) is 6.32. The molecule has 3 N–H and O–H groups in total. The van der Waals surface area contributed by atoms with Gasteiger partial charge < -0.3 is 5.73 Å². The molecule has 1 heterocycles. The van der Waals surface area contributed by atoms with Crippen LogP contribution in [0.5, 0.6) is 0 Å². The summed E-state index contributed by atoms with van der Waals surface area (Å²) in [6, 6.07) is 1.77. The summed E-state index contributed by atoms with van der Waals surface area (Å²) in [6.45, 7) is 0.384. The van der Waals surface area contributed by atoms with Crippen LogP contribution in [-0.4, -0.2) is 14.5 Å². The molecule has 1 aromatic heterocycles. The van der Waals surface area contributed by atoms with Crippen LogP contribution in [0.1, 0.15) is 44.1 Å². The van der Waals surface area contributed by atoms with Gasteiger partial charge in [-0.1, -0.05) is 25.7 Å². The van der Waals surface area contributed by atoms with Crippen LogP contribution < -0.4 is 10.5 Å². The van der Waals surface area contributed by atoms with E-state index in [0.29, 0.717) is 10.8 Å². The average molecular weight is 288 g/mol. The Hall–Kier alpha value is -0.430. The second-order valence-electron chi connectivity index (χ2n) is 4.79. The lowest BCUT2D eigenvalue weighted by Crippen LogP contribution is -2.33. The molecule has 1 fully saturated rings.